The molecule has 0 radical (unpaired) electrons. The Hall–Kier alpha value is -3.89. The molecule has 1 amide bonds. The van der Waals surface area contributed by atoms with Gasteiger partial charge in [0, 0.05) is 32.0 Å². The number of piperidine rings is 1. The number of carboxylic acids is 1. The van der Waals surface area contributed by atoms with Crippen molar-refractivity contribution in [1.82, 2.24) is 14.5 Å². The van der Waals surface area contributed by atoms with Crippen molar-refractivity contribution in [2.45, 2.75) is 64.8 Å². The first-order valence-electron chi connectivity index (χ1n) is 12.6. The fourth-order valence-electron chi connectivity index (χ4n) is 4.96. The second-order valence-electron chi connectivity index (χ2n) is 10.3. The largest absolute Gasteiger partial charge is 0.490 e. The molecule has 39 heavy (non-hydrogen) atoms. The molecule has 0 unspecified atom stereocenters. The highest BCUT2D eigenvalue weighted by molar-refractivity contribution is 6.05. The van der Waals surface area contributed by atoms with Gasteiger partial charge in [0.1, 0.15) is 16.9 Å². The van der Waals surface area contributed by atoms with Gasteiger partial charge in [0.15, 0.2) is 5.78 Å². The maximum Gasteiger partial charge on any atom is 0.490 e. The Morgan fingerprint density at radius 3 is 2.31 bits per heavy atom. The van der Waals surface area contributed by atoms with E-state index in [0.717, 1.165) is 22.2 Å². The molecule has 2 aliphatic rings. The van der Waals surface area contributed by atoms with E-state index in [2.05, 4.69) is 23.4 Å². The molecule has 0 saturated carbocycles. The Morgan fingerprint density at radius 1 is 1.10 bits per heavy atom. The van der Waals surface area contributed by atoms with Gasteiger partial charge >= 0.3 is 12.1 Å². The molecule has 11 heteroatoms. The lowest BCUT2D eigenvalue weighted by Gasteiger charge is -2.44. The average Bonchev–Trinajstić information content (AvgIpc) is 3.30. The number of carbonyl (C=O) groups excluding carboxylic acids is 2. The number of carbonyl (C=O) groups is 3. The van der Waals surface area contributed by atoms with Crippen molar-refractivity contribution in [3.63, 3.8) is 0 Å². The summed E-state index contributed by atoms with van der Waals surface area (Å²) in [5, 5.41) is 7.12. The predicted octanol–water partition coefficient (Wildman–Crippen LogP) is 5.51. The van der Waals surface area contributed by atoms with Crippen molar-refractivity contribution < 1.29 is 37.4 Å². The van der Waals surface area contributed by atoms with E-state index in [9.17, 15) is 22.8 Å². The summed E-state index contributed by atoms with van der Waals surface area (Å²) in [5.74, 6) is -1.94. The van der Waals surface area contributed by atoms with Crippen LogP contribution in [-0.2, 0) is 4.79 Å². The van der Waals surface area contributed by atoms with E-state index in [1.807, 2.05) is 49.1 Å². The summed E-state index contributed by atoms with van der Waals surface area (Å²) in [5.41, 5.74) is 4.74. The lowest BCUT2D eigenvalue weighted by molar-refractivity contribution is -0.192. The summed E-state index contributed by atoms with van der Waals surface area (Å²) >= 11 is 0. The van der Waals surface area contributed by atoms with Crippen LogP contribution in [0.4, 0.5) is 13.2 Å². The minimum absolute atomic E-state index is 0.00605. The first-order chi connectivity index (χ1) is 18.2. The average molecular weight is 546 g/mol. The van der Waals surface area contributed by atoms with E-state index in [-0.39, 0.29) is 17.7 Å². The molecular formula is C28H30F3N3O5. The molecule has 5 rings (SSSR count). The third-order valence-corrected chi connectivity index (χ3v) is 7.30. The molecule has 3 aromatic rings. The van der Waals surface area contributed by atoms with Gasteiger partial charge in [0.2, 0.25) is 0 Å². The zero-order valence-corrected chi connectivity index (χ0v) is 22.1. The maximum absolute atomic E-state index is 13.4. The number of para-hydroxylation sites is 1. The van der Waals surface area contributed by atoms with Crippen molar-refractivity contribution in [2.75, 3.05) is 13.1 Å². The molecule has 3 heterocycles. The van der Waals surface area contributed by atoms with Gasteiger partial charge in [-0.15, -0.1) is 0 Å². The highest BCUT2D eigenvalue weighted by Crippen LogP contribution is 2.40. The number of benzene rings is 2. The molecular weight excluding hydrogens is 515 g/mol. The molecule has 1 spiro atoms. The summed E-state index contributed by atoms with van der Waals surface area (Å²) in [4.78, 5) is 41.6. The Labute approximate surface area is 223 Å². The first kappa shape index (κ1) is 28.1. The van der Waals surface area contributed by atoms with E-state index >= 15 is 0 Å². The number of Topliss-reactive ketones (excluding diaryl/α,β-unsaturated/α-hetero) is 1. The molecule has 208 valence electrons. The lowest BCUT2D eigenvalue weighted by atomic mass is 9.81. The third kappa shape index (κ3) is 5.62. The number of aromatic nitrogens is 2. The minimum Gasteiger partial charge on any atom is -0.486 e. The number of ether oxygens (including phenoxy) is 1. The SMILES string of the molecule is Cc1cc2c(cc1C)C(=O)CC1(CCN(C(=O)c3cccc4c3ncn4C(C)C)CC1)O2.O=C(O)C(F)(F)F. The summed E-state index contributed by atoms with van der Waals surface area (Å²) in [6.45, 7) is 9.38. The van der Waals surface area contributed by atoms with Crippen molar-refractivity contribution in [1.29, 1.82) is 0 Å². The number of rotatable bonds is 2. The van der Waals surface area contributed by atoms with Gasteiger partial charge in [-0.1, -0.05) is 6.07 Å². The molecule has 0 atom stereocenters. The number of hydrogen-bond acceptors (Lipinski definition) is 5. The molecule has 2 aromatic carbocycles. The number of aliphatic carboxylic acids is 1. The monoisotopic (exact) mass is 545 g/mol. The molecule has 2 aliphatic heterocycles. The van der Waals surface area contributed by atoms with Crippen LogP contribution in [0.25, 0.3) is 11.0 Å². The lowest BCUT2D eigenvalue weighted by Crippen LogP contribution is -2.52. The fraction of sp³-hybridized carbons (Fsp3) is 0.429. The summed E-state index contributed by atoms with van der Waals surface area (Å²) in [7, 11) is 0. The van der Waals surface area contributed by atoms with Crippen molar-refractivity contribution in [3.8, 4) is 5.75 Å². The maximum atomic E-state index is 13.4. The molecule has 8 nitrogen and oxygen atoms in total. The van der Waals surface area contributed by atoms with Crippen molar-refractivity contribution in [2.24, 2.45) is 0 Å². The zero-order valence-electron chi connectivity index (χ0n) is 22.1. The minimum atomic E-state index is -5.08. The number of likely N-dealkylation sites (tertiary alicyclic amines) is 1. The topological polar surface area (TPSA) is 102 Å². The summed E-state index contributed by atoms with van der Waals surface area (Å²) in [6, 6.07) is 9.98. The van der Waals surface area contributed by atoms with Crippen LogP contribution in [0.2, 0.25) is 0 Å². The Kier molecular flexibility index (Phi) is 7.46. The molecule has 1 fully saturated rings. The van der Waals surface area contributed by atoms with E-state index in [4.69, 9.17) is 14.6 Å². The number of amides is 1. The van der Waals surface area contributed by atoms with Crippen LogP contribution in [-0.4, -0.2) is 62.1 Å². The van der Waals surface area contributed by atoms with Crippen molar-refractivity contribution >= 4 is 28.7 Å². The first-order valence-corrected chi connectivity index (χ1v) is 12.6. The predicted molar refractivity (Wildman–Crippen MR) is 137 cm³/mol. The standard InChI is InChI=1S/C26H29N3O3.C2HF3O2/c1-16(2)29-15-27-24-19(6-5-7-21(24)29)25(31)28-10-8-26(9-11-28)14-22(30)20-12-17(3)18(4)13-23(20)32-26;3-2(4,5)1(6)7/h5-7,12-13,15-16H,8-11,14H2,1-4H3;(H,6,7). The second-order valence-corrected chi connectivity index (χ2v) is 10.3. The van der Waals surface area contributed by atoms with Crippen molar-refractivity contribution in [3.05, 3.63) is 58.9 Å². The zero-order chi connectivity index (χ0) is 28.7. The van der Waals surface area contributed by atoms with Gasteiger partial charge in [-0.25, -0.2) is 9.78 Å². The summed E-state index contributed by atoms with van der Waals surface area (Å²) in [6.07, 6.45) is -1.61. The van der Waals surface area contributed by atoms with E-state index in [0.29, 0.717) is 49.2 Å². The fourth-order valence-corrected chi connectivity index (χ4v) is 4.96. The van der Waals surface area contributed by atoms with E-state index < -0.39 is 17.7 Å². The molecule has 0 bridgehead atoms. The van der Waals surface area contributed by atoms with E-state index in [1.54, 1.807) is 6.33 Å². The number of carboxylic acid groups (broad SMARTS) is 1. The smallest absolute Gasteiger partial charge is 0.486 e. The number of nitrogens with zero attached hydrogens (tertiary/aromatic N) is 3. The number of ketones is 1. The third-order valence-electron chi connectivity index (χ3n) is 7.30. The van der Waals surface area contributed by atoms with Crippen LogP contribution >= 0.6 is 0 Å². The number of alkyl halides is 3. The van der Waals surface area contributed by atoms with Crippen LogP contribution in [0.15, 0.2) is 36.7 Å². The quantitative estimate of drug-likeness (QED) is 0.456. The van der Waals surface area contributed by atoms with E-state index in [1.165, 1.54) is 0 Å². The highest BCUT2D eigenvalue weighted by Gasteiger charge is 2.44. The summed E-state index contributed by atoms with van der Waals surface area (Å²) < 4.78 is 40.2. The number of aryl methyl sites for hydroxylation is 2. The van der Waals surface area contributed by atoms with Crippen LogP contribution < -0.4 is 4.74 Å². The van der Waals surface area contributed by atoms with Crippen LogP contribution in [0.5, 0.6) is 5.75 Å². The number of hydrogen-bond donors (Lipinski definition) is 1. The Morgan fingerprint density at radius 2 is 1.72 bits per heavy atom. The van der Waals surface area contributed by atoms with Gasteiger partial charge in [0.05, 0.1) is 29.4 Å². The Balaban J connectivity index is 0.000000448. The van der Waals surface area contributed by atoms with Gasteiger partial charge < -0.3 is 19.3 Å². The van der Waals surface area contributed by atoms with Gasteiger partial charge in [-0.3, -0.25) is 9.59 Å². The number of imidazole rings is 1. The number of fused-ring (bicyclic) bond motifs is 2. The van der Waals surface area contributed by atoms with Crippen LogP contribution in [0, 0.1) is 13.8 Å². The van der Waals surface area contributed by atoms with Gasteiger partial charge in [-0.05, 0) is 63.1 Å². The second kappa shape index (κ2) is 10.3. The molecule has 0 aliphatic carbocycles. The molecule has 1 N–H and O–H groups in total. The van der Waals surface area contributed by atoms with Crippen LogP contribution in [0.3, 0.4) is 0 Å². The molecule has 1 saturated heterocycles. The van der Waals surface area contributed by atoms with Crippen LogP contribution in [0.1, 0.15) is 71.0 Å². The Bertz CT molecular complexity index is 1440. The normalized spacial score (nSPS) is 16.5. The van der Waals surface area contributed by atoms with Gasteiger partial charge in [-0.2, -0.15) is 13.2 Å². The number of halogens is 3. The molecule has 1 aromatic heterocycles. The van der Waals surface area contributed by atoms with Gasteiger partial charge in [0.25, 0.3) is 5.91 Å². The highest BCUT2D eigenvalue weighted by atomic mass is 19.4.